The number of hydrogen-bond donors (Lipinski definition) is 3. The number of anilines is 1. The average molecular weight is 461 g/mol. The Balaban J connectivity index is 1.73. The van der Waals surface area contributed by atoms with Crippen LogP contribution in [0.1, 0.15) is 59.9 Å². The van der Waals surface area contributed by atoms with E-state index < -0.39 is 11.7 Å². The quantitative estimate of drug-likeness (QED) is 0.578. The van der Waals surface area contributed by atoms with Crippen molar-refractivity contribution < 1.29 is 23.9 Å². The van der Waals surface area contributed by atoms with Gasteiger partial charge in [0.15, 0.2) is 0 Å². The molecule has 0 saturated carbocycles. The van der Waals surface area contributed by atoms with Gasteiger partial charge in [-0.3, -0.25) is 14.4 Å². The van der Waals surface area contributed by atoms with E-state index in [2.05, 4.69) is 16.0 Å². The van der Waals surface area contributed by atoms with Crippen molar-refractivity contribution in [2.75, 3.05) is 18.4 Å². The lowest BCUT2D eigenvalue weighted by Crippen LogP contribution is -2.43. The van der Waals surface area contributed by atoms with E-state index in [1.807, 2.05) is 32.9 Å². The molecule has 0 aliphatic carbocycles. The second-order valence-electron chi connectivity index (χ2n) is 10.2. The molecule has 1 atom stereocenters. The molecule has 9 nitrogen and oxygen atoms in total. The minimum atomic E-state index is -0.588. The van der Waals surface area contributed by atoms with E-state index in [-0.39, 0.29) is 48.6 Å². The Bertz CT molecular complexity index is 868. The second kappa shape index (κ2) is 10.7. The summed E-state index contributed by atoms with van der Waals surface area (Å²) in [5.74, 6) is -0.708. The first-order chi connectivity index (χ1) is 15.2. The minimum Gasteiger partial charge on any atom is -0.444 e. The Labute approximate surface area is 195 Å². The van der Waals surface area contributed by atoms with E-state index in [1.54, 1.807) is 37.8 Å². The van der Waals surface area contributed by atoms with E-state index in [1.165, 1.54) is 0 Å². The smallest absolute Gasteiger partial charge is 0.407 e. The molecule has 1 saturated heterocycles. The number of carbonyl (C=O) groups excluding carboxylic acids is 4. The van der Waals surface area contributed by atoms with Crippen molar-refractivity contribution in [1.82, 2.24) is 15.5 Å². The SMILES string of the molecule is CC(C)(C)OC(=O)NCCC(=O)Nc1ccc(CNC(=O)C2CC(=O)N(C(C)(C)C)C2)cc1. The Morgan fingerprint density at radius 2 is 1.67 bits per heavy atom. The predicted molar refractivity (Wildman–Crippen MR) is 125 cm³/mol. The maximum atomic E-state index is 12.5. The summed E-state index contributed by atoms with van der Waals surface area (Å²) in [5.41, 5.74) is 0.618. The van der Waals surface area contributed by atoms with Crippen molar-refractivity contribution in [3.63, 3.8) is 0 Å². The molecule has 0 bridgehead atoms. The van der Waals surface area contributed by atoms with Crippen LogP contribution in [0.25, 0.3) is 0 Å². The van der Waals surface area contributed by atoms with Gasteiger partial charge in [-0.1, -0.05) is 12.1 Å². The molecule has 4 amide bonds. The van der Waals surface area contributed by atoms with Crippen LogP contribution in [-0.2, 0) is 25.7 Å². The standard InChI is InChI=1S/C24H36N4O5/c1-23(2,3)28-15-17(13-20(28)30)21(31)26-14-16-7-9-18(10-8-16)27-19(29)11-12-25-22(32)33-24(4,5)6/h7-10,17H,11-15H2,1-6H3,(H,25,32)(H,26,31)(H,27,29). The normalized spacial score (nSPS) is 16.4. The van der Waals surface area contributed by atoms with E-state index >= 15 is 0 Å². The van der Waals surface area contributed by atoms with Crippen molar-refractivity contribution in [2.24, 2.45) is 5.92 Å². The van der Waals surface area contributed by atoms with Gasteiger partial charge in [0.25, 0.3) is 0 Å². The van der Waals surface area contributed by atoms with Crippen LogP contribution >= 0.6 is 0 Å². The van der Waals surface area contributed by atoms with Gasteiger partial charge in [0.1, 0.15) is 5.60 Å². The number of rotatable bonds is 7. The van der Waals surface area contributed by atoms with Crippen molar-refractivity contribution in [2.45, 2.75) is 72.1 Å². The zero-order valence-corrected chi connectivity index (χ0v) is 20.4. The van der Waals surface area contributed by atoms with E-state index in [0.29, 0.717) is 18.8 Å². The fourth-order valence-corrected chi connectivity index (χ4v) is 3.39. The second-order valence-corrected chi connectivity index (χ2v) is 10.2. The minimum absolute atomic E-state index is 0.00374. The van der Waals surface area contributed by atoms with Crippen LogP contribution in [-0.4, -0.2) is 52.9 Å². The van der Waals surface area contributed by atoms with Gasteiger partial charge in [-0.25, -0.2) is 4.79 Å². The van der Waals surface area contributed by atoms with Gasteiger partial charge in [-0.15, -0.1) is 0 Å². The Morgan fingerprint density at radius 1 is 1.03 bits per heavy atom. The first-order valence-corrected chi connectivity index (χ1v) is 11.2. The first kappa shape index (κ1) is 26.2. The monoisotopic (exact) mass is 460 g/mol. The molecule has 1 aromatic rings. The number of benzene rings is 1. The van der Waals surface area contributed by atoms with Crippen LogP contribution in [0.5, 0.6) is 0 Å². The molecule has 33 heavy (non-hydrogen) atoms. The molecule has 1 aliphatic heterocycles. The maximum absolute atomic E-state index is 12.5. The van der Waals surface area contributed by atoms with Crippen LogP contribution in [0, 0.1) is 5.92 Å². The van der Waals surface area contributed by atoms with E-state index in [4.69, 9.17) is 4.74 Å². The molecule has 1 aromatic carbocycles. The topological polar surface area (TPSA) is 117 Å². The third kappa shape index (κ3) is 8.75. The lowest BCUT2D eigenvalue weighted by atomic mass is 10.1. The molecule has 9 heteroatoms. The summed E-state index contributed by atoms with van der Waals surface area (Å²) in [5, 5.41) is 8.20. The summed E-state index contributed by atoms with van der Waals surface area (Å²) in [6, 6.07) is 7.13. The van der Waals surface area contributed by atoms with Crippen LogP contribution < -0.4 is 16.0 Å². The van der Waals surface area contributed by atoms with Crippen LogP contribution in [0.4, 0.5) is 10.5 Å². The number of carbonyl (C=O) groups is 4. The molecule has 3 N–H and O–H groups in total. The summed E-state index contributed by atoms with van der Waals surface area (Å²) >= 11 is 0. The number of hydrogen-bond acceptors (Lipinski definition) is 5. The highest BCUT2D eigenvalue weighted by molar-refractivity contribution is 5.91. The molecule has 1 aliphatic rings. The largest absolute Gasteiger partial charge is 0.444 e. The molecule has 0 radical (unpaired) electrons. The first-order valence-electron chi connectivity index (χ1n) is 11.2. The zero-order valence-electron chi connectivity index (χ0n) is 20.4. The number of alkyl carbamates (subject to hydrolysis) is 1. The van der Waals surface area contributed by atoms with Gasteiger partial charge in [-0.2, -0.15) is 0 Å². The summed E-state index contributed by atoms with van der Waals surface area (Å²) in [6.07, 6.45) is -0.214. The molecule has 182 valence electrons. The van der Waals surface area contributed by atoms with Gasteiger partial charge in [-0.05, 0) is 59.2 Å². The summed E-state index contributed by atoms with van der Waals surface area (Å²) in [7, 11) is 0. The highest BCUT2D eigenvalue weighted by Gasteiger charge is 2.39. The molecule has 2 rings (SSSR count). The third-order valence-corrected chi connectivity index (χ3v) is 5.03. The Morgan fingerprint density at radius 3 is 2.21 bits per heavy atom. The zero-order chi connectivity index (χ0) is 24.8. The molecule has 0 spiro atoms. The van der Waals surface area contributed by atoms with E-state index in [9.17, 15) is 19.2 Å². The molecule has 1 fully saturated rings. The third-order valence-electron chi connectivity index (χ3n) is 5.03. The fourth-order valence-electron chi connectivity index (χ4n) is 3.39. The number of nitrogens with zero attached hydrogens (tertiary/aromatic N) is 1. The van der Waals surface area contributed by atoms with E-state index in [0.717, 1.165) is 5.56 Å². The van der Waals surface area contributed by atoms with Gasteiger partial charge in [0.05, 0.1) is 5.92 Å². The molecular formula is C24H36N4O5. The fraction of sp³-hybridized carbons (Fsp3) is 0.583. The summed E-state index contributed by atoms with van der Waals surface area (Å²) in [6.45, 7) is 12.1. The number of ether oxygens (including phenoxy) is 1. The van der Waals surface area contributed by atoms with Crippen molar-refractivity contribution >= 4 is 29.5 Å². The summed E-state index contributed by atoms with van der Waals surface area (Å²) < 4.78 is 5.12. The highest BCUT2D eigenvalue weighted by atomic mass is 16.6. The van der Waals surface area contributed by atoms with Gasteiger partial charge < -0.3 is 25.6 Å². The van der Waals surface area contributed by atoms with Crippen molar-refractivity contribution in [3.8, 4) is 0 Å². The van der Waals surface area contributed by atoms with Crippen LogP contribution in [0.2, 0.25) is 0 Å². The lowest BCUT2D eigenvalue weighted by molar-refractivity contribution is -0.132. The number of nitrogens with one attached hydrogen (secondary N) is 3. The van der Waals surface area contributed by atoms with Gasteiger partial charge >= 0.3 is 6.09 Å². The highest BCUT2D eigenvalue weighted by Crippen LogP contribution is 2.26. The Kier molecular flexibility index (Phi) is 8.46. The van der Waals surface area contributed by atoms with Crippen LogP contribution in [0.3, 0.4) is 0 Å². The molecule has 1 heterocycles. The maximum Gasteiger partial charge on any atom is 0.407 e. The average Bonchev–Trinajstić information content (AvgIpc) is 3.08. The molecule has 1 unspecified atom stereocenters. The Hall–Kier alpha value is -3.10. The van der Waals surface area contributed by atoms with Crippen molar-refractivity contribution in [3.05, 3.63) is 29.8 Å². The van der Waals surface area contributed by atoms with Crippen molar-refractivity contribution in [1.29, 1.82) is 0 Å². The predicted octanol–water partition coefficient (Wildman–Crippen LogP) is 2.80. The summed E-state index contributed by atoms with van der Waals surface area (Å²) in [4.78, 5) is 50.1. The number of likely N-dealkylation sites (tertiary alicyclic amines) is 1. The number of amides is 4. The van der Waals surface area contributed by atoms with Gasteiger partial charge in [0.2, 0.25) is 17.7 Å². The van der Waals surface area contributed by atoms with Crippen LogP contribution in [0.15, 0.2) is 24.3 Å². The molecule has 0 aromatic heterocycles. The lowest BCUT2D eigenvalue weighted by Gasteiger charge is -2.31. The van der Waals surface area contributed by atoms with Gasteiger partial charge in [0, 0.05) is 43.7 Å². The molecular weight excluding hydrogens is 424 g/mol.